The third-order valence-corrected chi connectivity index (χ3v) is 8.23. The lowest BCUT2D eigenvalue weighted by molar-refractivity contribution is -0.146. The first kappa shape index (κ1) is 19.4. The van der Waals surface area contributed by atoms with Crippen molar-refractivity contribution in [2.24, 2.45) is 23.2 Å². The normalized spacial score (nSPS) is 32.0. The number of hydrogen-bond acceptors (Lipinski definition) is 3. The van der Waals surface area contributed by atoms with Crippen LogP contribution in [0.15, 0.2) is 24.3 Å². The van der Waals surface area contributed by atoms with Gasteiger partial charge in [0.25, 0.3) is 0 Å². The van der Waals surface area contributed by atoms with Gasteiger partial charge in [-0.15, -0.1) is 0 Å². The minimum atomic E-state index is -0.177. The molecule has 4 heteroatoms. The van der Waals surface area contributed by atoms with Crippen molar-refractivity contribution in [1.82, 2.24) is 10.2 Å². The van der Waals surface area contributed by atoms with Gasteiger partial charge in [0.1, 0.15) is 5.75 Å². The number of nitrogens with zero attached hydrogens (tertiary/aromatic N) is 1. The lowest BCUT2D eigenvalue weighted by Gasteiger charge is -2.43. The summed E-state index contributed by atoms with van der Waals surface area (Å²) in [6.45, 7) is 3.04. The number of carbonyl (C=O) groups excluding carboxylic acids is 1. The van der Waals surface area contributed by atoms with Gasteiger partial charge in [-0.1, -0.05) is 18.6 Å². The highest BCUT2D eigenvalue weighted by Crippen LogP contribution is 2.58. The summed E-state index contributed by atoms with van der Waals surface area (Å²) in [7, 11) is 1.72. The molecule has 1 aromatic rings. The Morgan fingerprint density at radius 2 is 2.00 bits per heavy atom. The largest absolute Gasteiger partial charge is 0.497 e. The fourth-order valence-electron chi connectivity index (χ4n) is 6.40. The van der Waals surface area contributed by atoms with E-state index in [4.69, 9.17) is 4.74 Å². The Kier molecular flexibility index (Phi) is 5.32. The lowest BCUT2D eigenvalue weighted by atomic mass is 9.68. The van der Waals surface area contributed by atoms with Crippen molar-refractivity contribution in [3.8, 4) is 5.75 Å². The van der Waals surface area contributed by atoms with Crippen molar-refractivity contribution in [3.63, 3.8) is 0 Å². The van der Waals surface area contributed by atoms with Crippen LogP contribution >= 0.6 is 0 Å². The smallest absolute Gasteiger partial charge is 0.229 e. The molecule has 1 aromatic carbocycles. The summed E-state index contributed by atoms with van der Waals surface area (Å²) in [5.41, 5.74) is 1.08. The number of rotatable bonds is 7. The van der Waals surface area contributed by atoms with Crippen molar-refractivity contribution >= 4 is 5.91 Å². The molecule has 1 saturated heterocycles. The van der Waals surface area contributed by atoms with Crippen molar-refractivity contribution in [2.45, 2.75) is 63.8 Å². The molecule has 2 bridgehead atoms. The summed E-state index contributed by atoms with van der Waals surface area (Å²) in [5.74, 6) is 3.60. The van der Waals surface area contributed by atoms with E-state index in [9.17, 15) is 4.79 Å². The summed E-state index contributed by atoms with van der Waals surface area (Å²) in [5, 5.41) is 3.75. The molecule has 3 aliphatic carbocycles. The highest BCUT2D eigenvalue weighted by Gasteiger charge is 2.56. The molecule has 1 aliphatic heterocycles. The highest BCUT2D eigenvalue weighted by atomic mass is 16.5. The van der Waals surface area contributed by atoms with E-state index in [0.717, 1.165) is 56.4 Å². The summed E-state index contributed by atoms with van der Waals surface area (Å²) in [6, 6.07) is 8.98. The molecule has 4 aliphatic rings. The van der Waals surface area contributed by atoms with Crippen molar-refractivity contribution in [2.75, 3.05) is 26.7 Å². The number of amides is 1. The van der Waals surface area contributed by atoms with Crippen LogP contribution in [0.2, 0.25) is 0 Å². The van der Waals surface area contributed by atoms with Gasteiger partial charge in [-0.25, -0.2) is 0 Å². The summed E-state index contributed by atoms with van der Waals surface area (Å²) in [4.78, 5) is 16.1. The van der Waals surface area contributed by atoms with E-state index in [1.165, 1.54) is 44.2 Å². The molecule has 1 N–H and O–H groups in total. The number of ether oxygens (including phenoxy) is 1. The zero-order valence-corrected chi connectivity index (χ0v) is 17.9. The molecule has 4 nitrogen and oxygen atoms in total. The molecule has 1 heterocycles. The number of benzene rings is 1. The first-order valence-electron chi connectivity index (χ1n) is 11.8. The highest BCUT2D eigenvalue weighted by molar-refractivity contribution is 5.84. The third kappa shape index (κ3) is 3.93. The van der Waals surface area contributed by atoms with Crippen LogP contribution in [0.5, 0.6) is 5.75 Å². The first-order chi connectivity index (χ1) is 14.2. The van der Waals surface area contributed by atoms with Crippen LogP contribution in [0.4, 0.5) is 0 Å². The number of hydrogen-bond donors (Lipinski definition) is 1. The van der Waals surface area contributed by atoms with Gasteiger partial charge in [-0.05, 0) is 93.4 Å². The summed E-state index contributed by atoms with van der Waals surface area (Å²) >= 11 is 0. The fraction of sp³-hybridized carbons (Fsp3) is 0.720. The molecule has 4 fully saturated rings. The van der Waals surface area contributed by atoms with Crippen LogP contribution in [0.25, 0.3) is 0 Å². The average Bonchev–Trinajstić information content (AvgIpc) is 3.38. The quantitative estimate of drug-likeness (QED) is 0.756. The number of fused-ring (bicyclic) bond motifs is 2. The van der Waals surface area contributed by atoms with Gasteiger partial charge in [-0.2, -0.15) is 0 Å². The van der Waals surface area contributed by atoms with E-state index in [1.54, 1.807) is 7.11 Å². The standard InChI is InChI=1S/C25H36N2O2/c1-29-23-4-2-3-19(14-23)15-25(16-20-7-8-21(25)13-20)24(28)27-11-9-22(10-12-27)26-17-18-5-6-18/h2-4,14,18,20-22,26H,5-13,15-17H2,1H3. The molecule has 5 rings (SSSR count). The Bertz CT molecular complexity index is 738. The van der Waals surface area contributed by atoms with E-state index in [-0.39, 0.29) is 5.41 Å². The lowest BCUT2D eigenvalue weighted by Crippen LogP contribution is -2.52. The van der Waals surface area contributed by atoms with Crippen LogP contribution in [0.1, 0.15) is 56.9 Å². The zero-order chi connectivity index (χ0) is 19.8. The Labute approximate surface area is 175 Å². The SMILES string of the molecule is COc1cccc(CC2(C(=O)N3CCC(NCC4CC4)CC3)CC3CCC2C3)c1. The van der Waals surface area contributed by atoms with Gasteiger partial charge >= 0.3 is 0 Å². The Morgan fingerprint density at radius 3 is 2.66 bits per heavy atom. The Balaban J connectivity index is 1.29. The zero-order valence-electron chi connectivity index (χ0n) is 17.9. The minimum Gasteiger partial charge on any atom is -0.497 e. The van der Waals surface area contributed by atoms with Gasteiger partial charge in [0.15, 0.2) is 0 Å². The second-order valence-electron chi connectivity index (χ2n) is 10.2. The maximum atomic E-state index is 13.9. The molecule has 0 spiro atoms. The van der Waals surface area contributed by atoms with Crippen LogP contribution in [-0.2, 0) is 11.2 Å². The molecule has 3 saturated carbocycles. The second-order valence-corrected chi connectivity index (χ2v) is 10.2. The Hall–Kier alpha value is -1.55. The molecule has 1 amide bonds. The number of nitrogens with one attached hydrogen (secondary N) is 1. The van der Waals surface area contributed by atoms with Crippen LogP contribution in [0.3, 0.4) is 0 Å². The molecular formula is C25H36N2O2. The van der Waals surface area contributed by atoms with E-state index in [0.29, 0.717) is 17.9 Å². The van der Waals surface area contributed by atoms with E-state index in [1.807, 2.05) is 6.07 Å². The van der Waals surface area contributed by atoms with Gasteiger partial charge in [0.2, 0.25) is 5.91 Å². The topological polar surface area (TPSA) is 41.6 Å². The Morgan fingerprint density at radius 1 is 1.17 bits per heavy atom. The minimum absolute atomic E-state index is 0.177. The molecule has 3 atom stereocenters. The second kappa shape index (κ2) is 7.94. The van der Waals surface area contributed by atoms with Gasteiger partial charge < -0.3 is 15.0 Å². The molecule has 0 aromatic heterocycles. The van der Waals surface area contributed by atoms with Gasteiger partial charge in [0, 0.05) is 19.1 Å². The third-order valence-electron chi connectivity index (χ3n) is 8.23. The molecule has 0 radical (unpaired) electrons. The van der Waals surface area contributed by atoms with E-state index in [2.05, 4.69) is 28.4 Å². The predicted molar refractivity (Wildman–Crippen MR) is 115 cm³/mol. The molecule has 158 valence electrons. The number of methoxy groups -OCH3 is 1. The van der Waals surface area contributed by atoms with E-state index < -0.39 is 0 Å². The number of carbonyl (C=O) groups is 1. The van der Waals surface area contributed by atoms with Gasteiger partial charge in [-0.3, -0.25) is 4.79 Å². The maximum Gasteiger partial charge on any atom is 0.229 e. The summed E-state index contributed by atoms with van der Waals surface area (Å²) < 4.78 is 5.44. The average molecular weight is 397 g/mol. The van der Waals surface area contributed by atoms with E-state index >= 15 is 0 Å². The predicted octanol–water partition coefficient (Wildman–Crippen LogP) is 4.03. The van der Waals surface area contributed by atoms with Crippen molar-refractivity contribution in [1.29, 1.82) is 0 Å². The van der Waals surface area contributed by atoms with Crippen molar-refractivity contribution < 1.29 is 9.53 Å². The van der Waals surface area contributed by atoms with Crippen LogP contribution in [-0.4, -0.2) is 43.6 Å². The first-order valence-corrected chi connectivity index (χ1v) is 11.8. The fourth-order valence-corrected chi connectivity index (χ4v) is 6.40. The molecular weight excluding hydrogens is 360 g/mol. The molecule has 29 heavy (non-hydrogen) atoms. The van der Waals surface area contributed by atoms with Gasteiger partial charge in [0.05, 0.1) is 12.5 Å². The van der Waals surface area contributed by atoms with Crippen molar-refractivity contribution in [3.05, 3.63) is 29.8 Å². The maximum absolute atomic E-state index is 13.9. The number of piperidine rings is 1. The monoisotopic (exact) mass is 396 g/mol. The van der Waals surface area contributed by atoms with Crippen LogP contribution < -0.4 is 10.1 Å². The summed E-state index contributed by atoms with van der Waals surface area (Å²) in [6.07, 6.45) is 10.8. The van der Waals surface area contributed by atoms with Crippen LogP contribution in [0, 0.1) is 23.2 Å². The number of likely N-dealkylation sites (tertiary alicyclic amines) is 1. The molecule has 3 unspecified atom stereocenters.